The summed E-state index contributed by atoms with van der Waals surface area (Å²) in [5.41, 5.74) is 3.47. The van der Waals surface area contributed by atoms with E-state index in [1.54, 1.807) is 6.20 Å². The zero-order valence-electron chi connectivity index (χ0n) is 14.3. The topological polar surface area (TPSA) is 65.7 Å². The Hall–Kier alpha value is -3.26. The summed E-state index contributed by atoms with van der Waals surface area (Å²) in [4.78, 5) is 15.7. The molecule has 0 aliphatic carbocycles. The summed E-state index contributed by atoms with van der Waals surface area (Å²) < 4.78 is 0. The molecule has 2 heterocycles. The Labute approximate surface area is 147 Å². The highest BCUT2D eigenvalue weighted by molar-refractivity contribution is 5.53. The average molecular weight is 329 g/mol. The van der Waals surface area contributed by atoms with Gasteiger partial charge in [0.15, 0.2) is 5.82 Å². The molecule has 124 valence electrons. The van der Waals surface area contributed by atoms with Gasteiger partial charge in [-0.1, -0.05) is 25.1 Å². The lowest BCUT2D eigenvalue weighted by atomic mass is 10.1. The molecule has 0 unspecified atom stereocenters. The zero-order chi connectivity index (χ0) is 17.6. The van der Waals surface area contributed by atoms with Crippen LogP contribution >= 0.6 is 0 Å². The number of aryl methyl sites for hydroxylation is 1. The third kappa shape index (κ3) is 3.99. The Balaban J connectivity index is 1.91. The van der Waals surface area contributed by atoms with Gasteiger partial charge in [-0.2, -0.15) is 5.26 Å². The second-order valence-electron chi connectivity index (χ2n) is 5.78. The Bertz CT molecular complexity index is 899. The van der Waals surface area contributed by atoms with Crippen LogP contribution in [0, 0.1) is 11.3 Å². The summed E-state index contributed by atoms with van der Waals surface area (Å²) in [6.45, 7) is 2.74. The number of pyridine rings is 1. The van der Waals surface area contributed by atoms with Crippen LogP contribution in [-0.4, -0.2) is 22.0 Å². The average Bonchev–Trinajstić information content (AvgIpc) is 2.68. The van der Waals surface area contributed by atoms with Crippen LogP contribution in [0.4, 0.5) is 5.82 Å². The Morgan fingerprint density at radius 2 is 1.96 bits per heavy atom. The molecule has 0 radical (unpaired) electrons. The molecule has 0 aliphatic rings. The molecule has 0 spiro atoms. The van der Waals surface area contributed by atoms with E-state index in [0.29, 0.717) is 17.9 Å². The minimum atomic E-state index is 0.632. The first-order chi connectivity index (χ1) is 12.2. The highest BCUT2D eigenvalue weighted by atomic mass is 15.2. The fourth-order valence-corrected chi connectivity index (χ4v) is 2.56. The Morgan fingerprint density at radius 1 is 1.08 bits per heavy atom. The van der Waals surface area contributed by atoms with Crippen molar-refractivity contribution in [2.45, 2.75) is 19.9 Å². The summed E-state index contributed by atoms with van der Waals surface area (Å²) in [7, 11) is 1.99. The van der Waals surface area contributed by atoms with E-state index < -0.39 is 0 Å². The number of nitriles is 1. The first-order valence-electron chi connectivity index (χ1n) is 8.19. The van der Waals surface area contributed by atoms with E-state index in [0.717, 1.165) is 29.2 Å². The largest absolute Gasteiger partial charge is 0.355 e. The van der Waals surface area contributed by atoms with Crippen molar-refractivity contribution in [1.82, 2.24) is 15.0 Å². The van der Waals surface area contributed by atoms with Crippen LogP contribution in [0.25, 0.3) is 11.5 Å². The maximum absolute atomic E-state index is 9.05. The van der Waals surface area contributed by atoms with E-state index in [1.165, 1.54) is 0 Å². The van der Waals surface area contributed by atoms with Gasteiger partial charge < -0.3 is 4.90 Å². The van der Waals surface area contributed by atoms with Gasteiger partial charge in [-0.3, -0.25) is 4.98 Å². The first-order valence-corrected chi connectivity index (χ1v) is 8.19. The lowest BCUT2D eigenvalue weighted by Crippen LogP contribution is -2.19. The summed E-state index contributed by atoms with van der Waals surface area (Å²) in [6.07, 6.45) is 2.57. The van der Waals surface area contributed by atoms with Crippen molar-refractivity contribution in [1.29, 1.82) is 5.26 Å². The van der Waals surface area contributed by atoms with Crippen LogP contribution < -0.4 is 4.90 Å². The highest BCUT2D eigenvalue weighted by Crippen LogP contribution is 2.20. The van der Waals surface area contributed by atoms with Crippen LogP contribution in [0.1, 0.15) is 23.7 Å². The Morgan fingerprint density at radius 3 is 2.68 bits per heavy atom. The van der Waals surface area contributed by atoms with Crippen molar-refractivity contribution < 1.29 is 0 Å². The SMILES string of the molecule is CCc1cc(N(C)Cc2cccc(C#N)c2)nc(-c2ccccn2)n1. The molecule has 0 bridgehead atoms. The van der Waals surface area contributed by atoms with Crippen LogP contribution in [0.3, 0.4) is 0 Å². The summed E-state index contributed by atoms with van der Waals surface area (Å²) in [5, 5.41) is 9.05. The van der Waals surface area contributed by atoms with E-state index in [9.17, 15) is 0 Å². The molecule has 0 N–H and O–H groups in total. The standard InChI is InChI=1S/C20H19N5/c1-3-17-12-19(24-20(23-17)18-9-4-5-10-22-18)25(2)14-16-8-6-7-15(11-16)13-21/h4-12H,3,14H2,1-2H3. The number of hydrogen-bond acceptors (Lipinski definition) is 5. The molecule has 3 rings (SSSR count). The smallest absolute Gasteiger partial charge is 0.180 e. The maximum Gasteiger partial charge on any atom is 0.180 e. The van der Waals surface area contributed by atoms with Gasteiger partial charge in [0.05, 0.1) is 11.6 Å². The van der Waals surface area contributed by atoms with Gasteiger partial charge in [0.2, 0.25) is 0 Å². The second kappa shape index (κ2) is 7.54. The maximum atomic E-state index is 9.05. The number of hydrogen-bond donors (Lipinski definition) is 0. The molecule has 0 fully saturated rings. The van der Waals surface area contributed by atoms with Crippen molar-refractivity contribution in [2.75, 3.05) is 11.9 Å². The number of anilines is 1. The number of aromatic nitrogens is 3. The minimum Gasteiger partial charge on any atom is -0.355 e. The van der Waals surface area contributed by atoms with Crippen LogP contribution in [0.5, 0.6) is 0 Å². The van der Waals surface area contributed by atoms with E-state index in [1.807, 2.05) is 55.6 Å². The molecule has 2 aromatic heterocycles. The lowest BCUT2D eigenvalue weighted by Gasteiger charge is -2.19. The third-order valence-corrected chi connectivity index (χ3v) is 3.89. The lowest BCUT2D eigenvalue weighted by molar-refractivity contribution is 0.879. The normalized spacial score (nSPS) is 10.3. The number of rotatable bonds is 5. The molecule has 5 nitrogen and oxygen atoms in total. The van der Waals surface area contributed by atoms with E-state index in [-0.39, 0.29) is 0 Å². The number of benzene rings is 1. The second-order valence-corrected chi connectivity index (χ2v) is 5.78. The van der Waals surface area contributed by atoms with Gasteiger partial charge in [0.1, 0.15) is 11.5 Å². The monoisotopic (exact) mass is 329 g/mol. The molecule has 0 saturated heterocycles. The zero-order valence-corrected chi connectivity index (χ0v) is 14.3. The highest BCUT2D eigenvalue weighted by Gasteiger charge is 2.11. The van der Waals surface area contributed by atoms with Crippen molar-refractivity contribution >= 4 is 5.82 Å². The van der Waals surface area contributed by atoms with Crippen LogP contribution in [0.15, 0.2) is 54.7 Å². The molecular weight excluding hydrogens is 310 g/mol. The van der Waals surface area contributed by atoms with Crippen LogP contribution in [0.2, 0.25) is 0 Å². The van der Waals surface area contributed by atoms with E-state index >= 15 is 0 Å². The summed E-state index contributed by atoms with van der Waals surface area (Å²) in [6, 6.07) is 17.5. The molecule has 3 aromatic rings. The Kier molecular flexibility index (Phi) is 5.00. The molecule has 0 amide bonds. The molecule has 0 atom stereocenters. The molecule has 5 heteroatoms. The van der Waals surface area contributed by atoms with Crippen molar-refractivity contribution in [3.05, 3.63) is 71.5 Å². The van der Waals surface area contributed by atoms with Gasteiger partial charge in [0, 0.05) is 31.5 Å². The molecular formula is C20H19N5. The van der Waals surface area contributed by atoms with Gasteiger partial charge in [-0.15, -0.1) is 0 Å². The fraction of sp³-hybridized carbons (Fsp3) is 0.200. The van der Waals surface area contributed by atoms with Crippen molar-refractivity contribution in [2.24, 2.45) is 0 Å². The van der Waals surface area contributed by atoms with Crippen LogP contribution in [-0.2, 0) is 13.0 Å². The van der Waals surface area contributed by atoms with Gasteiger partial charge in [-0.05, 0) is 36.2 Å². The first kappa shape index (κ1) is 16.6. The molecule has 1 aromatic carbocycles. The minimum absolute atomic E-state index is 0.632. The predicted octanol–water partition coefficient (Wildman–Crippen LogP) is 3.61. The van der Waals surface area contributed by atoms with Gasteiger partial charge >= 0.3 is 0 Å². The number of nitrogens with zero attached hydrogens (tertiary/aromatic N) is 5. The van der Waals surface area contributed by atoms with E-state index in [2.05, 4.69) is 32.8 Å². The van der Waals surface area contributed by atoms with Crippen molar-refractivity contribution in [3.8, 4) is 17.6 Å². The predicted molar refractivity (Wildman–Crippen MR) is 97.9 cm³/mol. The third-order valence-electron chi connectivity index (χ3n) is 3.89. The summed E-state index contributed by atoms with van der Waals surface area (Å²) in [5.74, 6) is 1.47. The van der Waals surface area contributed by atoms with E-state index in [4.69, 9.17) is 5.26 Å². The molecule has 0 aliphatic heterocycles. The van der Waals surface area contributed by atoms with Gasteiger partial charge in [-0.25, -0.2) is 9.97 Å². The summed E-state index contributed by atoms with van der Waals surface area (Å²) >= 11 is 0. The molecule has 0 saturated carbocycles. The van der Waals surface area contributed by atoms with Crippen molar-refractivity contribution in [3.63, 3.8) is 0 Å². The molecule has 25 heavy (non-hydrogen) atoms. The van der Waals surface area contributed by atoms with Gasteiger partial charge in [0.25, 0.3) is 0 Å². The fourth-order valence-electron chi connectivity index (χ4n) is 2.56. The quantitative estimate of drug-likeness (QED) is 0.715.